The summed E-state index contributed by atoms with van der Waals surface area (Å²) >= 11 is 7.48. The lowest BCUT2D eigenvalue weighted by atomic mass is 10.2. The monoisotopic (exact) mass is 338 g/mol. The third kappa shape index (κ3) is 3.88. The van der Waals surface area contributed by atoms with Gasteiger partial charge in [-0.2, -0.15) is 4.37 Å². The lowest BCUT2D eigenvalue weighted by Gasteiger charge is -2.21. The number of rotatable bonds is 3. The molecule has 0 atom stereocenters. The second-order valence-electron chi connectivity index (χ2n) is 5.56. The van der Waals surface area contributed by atoms with Crippen LogP contribution in [0.3, 0.4) is 0 Å². The standard InChI is InChI=1S/C15H19ClN4OS/c1-11-17-15(22-18-11)20-4-2-3-19(5-6-20)10-12-7-13(16)9-14(21)8-12/h7-9,21H,2-6,10H2,1H3. The predicted molar refractivity (Wildman–Crippen MR) is 89.9 cm³/mol. The van der Waals surface area contributed by atoms with Crippen molar-refractivity contribution in [1.29, 1.82) is 0 Å². The van der Waals surface area contributed by atoms with Gasteiger partial charge in [0.05, 0.1) is 0 Å². The zero-order chi connectivity index (χ0) is 15.5. The van der Waals surface area contributed by atoms with Crippen LogP contribution in [0.25, 0.3) is 0 Å². The van der Waals surface area contributed by atoms with Crippen LogP contribution in [0.5, 0.6) is 5.75 Å². The number of aromatic nitrogens is 2. The molecular formula is C15H19ClN4OS. The number of phenols is 1. The summed E-state index contributed by atoms with van der Waals surface area (Å²) in [5.74, 6) is 1.07. The Kier molecular flexibility index (Phi) is 4.81. The van der Waals surface area contributed by atoms with E-state index in [9.17, 15) is 5.11 Å². The van der Waals surface area contributed by atoms with E-state index in [-0.39, 0.29) is 5.75 Å². The third-order valence-corrected chi connectivity index (χ3v) is 4.81. The lowest BCUT2D eigenvalue weighted by molar-refractivity contribution is 0.285. The first kappa shape index (κ1) is 15.5. The van der Waals surface area contributed by atoms with Crippen molar-refractivity contribution in [2.45, 2.75) is 19.9 Å². The highest BCUT2D eigenvalue weighted by molar-refractivity contribution is 7.09. The van der Waals surface area contributed by atoms with Gasteiger partial charge in [-0.1, -0.05) is 11.6 Å². The van der Waals surface area contributed by atoms with Crippen LogP contribution < -0.4 is 4.90 Å². The molecule has 1 aliphatic rings. The summed E-state index contributed by atoms with van der Waals surface area (Å²) in [6.07, 6.45) is 1.09. The SMILES string of the molecule is Cc1nsc(N2CCCN(Cc3cc(O)cc(Cl)c3)CC2)n1. The van der Waals surface area contributed by atoms with Crippen LogP contribution in [0.2, 0.25) is 5.02 Å². The van der Waals surface area contributed by atoms with Crippen LogP contribution in [0.4, 0.5) is 5.13 Å². The fourth-order valence-electron chi connectivity index (χ4n) is 2.72. The highest BCUT2D eigenvalue weighted by Gasteiger charge is 2.18. The van der Waals surface area contributed by atoms with E-state index < -0.39 is 0 Å². The number of anilines is 1. The zero-order valence-corrected chi connectivity index (χ0v) is 14.1. The van der Waals surface area contributed by atoms with Crippen LogP contribution in [-0.2, 0) is 6.54 Å². The molecule has 0 aliphatic carbocycles. The first-order chi connectivity index (χ1) is 10.6. The fraction of sp³-hybridized carbons (Fsp3) is 0.467. The van der Waals surface area contributed by atoms with Gasteiger partial charge in [0, 0.05) is 49.3 Å². The second kappa shape index (κ2) is 6.81. The average Bonchev–Trinajstić information content (AvgIpc) is 2.74. The Morgan fingerprint density at radius 3 is 2.82 bits per heavy atom. The zero-order valence-electron chi connectivity index (χ0n) is 12.5. The van der Waals surface area contributed by atoms with Crippen LogP contribution in [0.15, 0.2) is 18.2 Å². The van der Waals surface area contributed by atoms with Crippen molar-refractivity contribution in [1.82, 2.24) is 14.3 Å². The van der Waals surface area contributed by atoms with Crippen molar-refractivity contribution in [3.05, 3.63) is 34.6 Å². The summed E-state index contributed by atoms with van der Waals surface area (Å²) in [5, 5.41) is 11.2. The van der Waals surface area contributed by atoms with E-state index in [1.807, 2.05) is 13.0 Å². The molecule has 0 bridgehead atoms. The highest BCUT2D eigenvalue weighted by Crippen LogP contribution is 2.22. The summed E-state index contributed by atoms with van der Waals surface area (Å²) in [5.41, 5.74) is 1.05. The van der Waals surface area contributed by atoms with Crippen molar-refractivity contribution in [3.8, 4) is 5.75 Å². The molecule has 2 heterocycles. The number of hydrogen-bond donors (Lipinski definition) is 1. The molecule has 0 unspecified atom stereocenters. The smallest absolute Gasteiger partial charge is 0.205 e. The number of halogens is 1. The van der Waals surface area contributed by atoms with E-state index >= 15 is 0 Å². The van der Waals surface area contributed by atoms with E-state index in [0.29, 0.717) is 5.02 Å². The summed E-state index contributed by atoms with van der Waals surface area (Å²) in [4.78, 5) is 9.17. The molecule has 0 radical (unpaired) electrons. The predicted octanol–water partition coefficient (Wildman–Crippen LogP) is 2.92. The van der Waals surface area contributed by atoms with Crippen LogP contribution in [-0.4, -0.2) is 45.5 Å². The molecule has 3 rings (SSSR count). The first-order valence-electron chi connectivity index (χ1n) is 7.36. The largest absolute Gasteiger partial charge is 0.508 e. The maximum atomic E-state index is 9.65. The van der Waals surface area contributed by atoms with Crippen molar-refractivity contribution in [2.75, 3.05) is 31.1 Å². The topological polar surface area (TPSA) is 52.5 Å². The number of phenolic OH excluding ortho intramolecular Hbond substituents is 1. The van der Waals surface area contributed by atoms with Gasteiger partial charge in [0.15, 0.2) is 0 Å². The van der Waals surface area contributed by atoms with E-state index in [4.69, 9.17) is 11.6 Å². The quantitative estimate of drug-likeness (QED) is 0.932. The minimum absolute atomic E-state index is 0.225. The maximum absolute atomic E-state index is 9.65. The number of aryl methyl sites for hydroxylation is 1. The van der Waals surface area contributed by atoms with Gasteiger partial charge in [-0.15, -0.1) is 0 Å². The van der Waals surface area contributed by atoms with Gasteiger partial charge in [0.25, 0.3) is 0 Å². The molecule has 1 N–H and O–H groups in total. The molecule has 118 valence electrons. The molecule has 0 spiro atoms. The Morgan fingerprint density at radius 1 is 1.23 bits per heavy atom. The fourth-order valence-corrected chi connectivity index (χ4v) is 3.70. The third-order valence-electron chi connectivity index (χ3n) is 3.72. The average molecular weight is 339 g/mol. The van der Waals surface area contributed by atoms with Crippen molar-refractivity contribution in [2.24, 2.45) is 0 Å². The summed E-state index contributed by atoms with van der Waals surface area (Å²) in [6, 6.07) is 5.26. The summed E-state index contributed by atoms with van der Waals surface area (Å²) in [7, 11) is 0. The molecule has 22 heavy (non-hydrogen) atoms. The molecule has 1 aliphatic heterocycles. The van der Waals surface area contributed by atoms with Gasteiger partial charge in [0.1, 0.15) is 11.6 Å². The normalized spacial score (nSPS) is 16.7. The van der Waals surface area contributed by atoms with Crippen LogP contribution in [0.1, 0.15) is 17.8 Å². The van der Waals surface area contributed by atoms with E-state index in [0.717, 1.165) is 55.7 Å². The number of hydrogen-bond acceptors (Lipinski definition) is 6. The van der Waals surface area contributed by atoms with Gasteiger partial charge >= 0.3 is 0 Å². The molecule has 1 fully saturated rings. The van der Waals surface area contributed by atoms with E-state index in [1.54, 1.807) is 12.1 Å². The number of nitrogens with zero attached hydrogens (tertiary/aromatic N) is 4. The molecule has 0 amide bonds. The van der Waals surface area contributed by atoms with Gasteiger partial charge in [-0.3, -0.25) is 4.90 Å². The Hall–Kier alpha value is -1.37. The molecular weight excluding hydrogens is 320 g/mol. The van der Waals surface area contributed by atoms with Gasteiger partial charge in [0.2, 0.25) is 5.13 Å². The van der Waals surface area contributed by atoms with Crippen LogP contribution in [0, 0.1) is 6.92 Å². The van der Waals surface area contributed by atoms with Crippen molar-refractivity contribution in [3.63, 3.8) is 0 Å². The van der Waals surface area contributed by atoms with Crippen molar-refractivity contribution >= 4 is 28.3 Å². The molecule has 5 nitrogen and oxygen atoms in total. The van der Waals surface area contributed by atoms with Gasteiger partial charge in [-0.05, 0) is 37.1 Å². The Morgan fingerprint density at radius 2 is 2.09 bits per heavy atom. The minimum Gasteiger partial charge on any atom is -0.508 e. The molecule has 1 aromatic heterocycles. The Labute approximate surface area is 139 Å². The summed E-state index contributed by atoms with van der Waals surface area (Å²) in [6.45, 7) is 6.67. The molecule has 7 heteroatoms. The lowest BCUT2D eigenvalue weighted by Crippen LogP contribution is -2.30. The molecule has 1 aromatic carbocycles. The molecule has 0 saturated carbocycles. The van der Waals surface area contributed by atoms with Gasteiger partial charge < -0.3 is 10.0 Å². The van der Waals surface area contributed by atoms with E-state index in [1.165, 1.54) is 11.5 Å². The number of benzene rings is 1. The highest BCUT2D eigenvalue weighted by atomic mass is 35.5. The molecule has 1 saturated heterocycles. The molecule has 2 aromatic rings. The van der Waals surface area contributed by atoms with Crippen molar-refractivity contribution < 1.29 is 5.11 Å². The Bertz CT molecular complexity index is 628. The Balaban J connectivity index is 1.62. The van der Waals surface area contributed by atoms with Crippen LogP contribution >= 0.6 is 23.1 Å². The summed E-state index contributed by atoms with van der Waals surface area (Å²) < 4.78 is 4.26. The maximum Gasteiger partial charge on any atom is 0.205 e. The van der Waals surface area contributed by atoms with E-state index in [2.05, 4.69) is 19.2 Å². The van der Waals surface area contributed by atoms with Gasteiger partial charge in [-0.25, -0.2) is 4.98 Å². The minimum atomic E-state index is 0.225. The number of aromatic hydroxyl groups is 1. The second-order valence-corrected chi connectivity index (χ2v) is 6.73. The first-order valence-corrected chi connectivity index (χ1v) is 8.51.